The highest BCUT2D eigenvalue weighted by Crippen LogP contribution is 2.34. The van der Waals surface area contributed by atoms with E-state index in [9.17, 15) is 30.0 Å². The number of phenols is 3. The lowest BCUT2D eigenvalue weighted by Gasteiger charge is -2.25. The number of hydrogen-bond acceptors (Lipinski definition) is 9. The molecule has 0 aliphatic carbocycles. The van der Waals surface area contributed by atoms with E-state index in [0.29, 0.717) is 24.9 Å². The minimum atomic E-state index is -1.47. The lowest BCUT2D eigenvalue weighted by molar-refractivity contribution is -0.133. The molecule has 0 unspecified atom stereocenters. The predicted octanol–water partition coefficient (Wildman–Crippen LogP) is 4.03. The molecular weight excluding hydrogens is 604 g/mol. The molecule has 47 heavy (non-hydrogen) atoms. The van der Waals surface area contributed by atoms with Gasteiger partial charge in [0.2, 0.25) is 12.0 Å². The minimum Gasteiger partial charge on any atom is -0.508 e. The Hall–Kier alpha value is -5.68. The summed E-state index contributed by atoms with van der Waals surface area (Å²) in [5, 5.41) is 45.9. The van der Waals surface area contributed by atoms with Crippen molar-refractivity contribution < 1.29 is 44.2 Å². The van der Waals surface area contributed by atoms with Crippen molar-refractivity contribution in [1.82, 2.24) is 10.6 Å². The fraction of sp³-hybridized carbons (Fsp3) is 0.222. The monoisotopic (exact) mass is 642 g/mol. The summed E-state index contributed by atoms with van der Waals surface area (Å²) >= 11 is 0. The van der Waals surface area contributed by atoms with Crippen LogP contribution in [0, 0.1) is 0 Å². The van der Waals surface area contributed by atoms with Gasteiger partial charge in [-0.1, -0.05) is 36.4 Å². The first-order valence-electron chi connectivity index (χ1n) is 14.9. The number of hydrogen-bond donors (Lipinski definition) is 6. The first-order chi connectivity index (χ1) is 22.7. The largest absolute Gasteiger partial charge is 0.508 e. The standard InChI is InChI=1S/C36H38N2O9/c1-45-31-22-26(9-14-29(31)41)34(43)35(36(44)38-20-18-24-5-12-28(40)13-6-24)47-30-15-7-25(21-32(30)46-2)8-16-33(42)37-19-17-23-3-10-27(39)11-4-23/h3-16,21-22,34-35,39-41,43H,17-20H2,1-2H3,(H,37,42)(H,38,44)/b16-8+/t34-,35+/m0/s1. The SMILES string of the molecule is COc1cc([C@H](O)[C@@H](Oc2ccc(/C=C/C(=O)NCCc3ccc(O)cc3)cc2OC)C(=O)NCCc2ccc(O)cc2)ccc1O. The molecule has 11 nitrogen and oxygen atoms in total. The molecule has 246 valence electrons. The van der Waals surface area contributed by atoms with E-state index in [1.807, 2.05) is 0 Å². The smallest absolute Gasteiger partial charge is 0.264 e. The number of amides is 2. The van der Waals surface area contributed by atoms with E-state index in [1.54, 1.807) is 72.8 Å². The average molecular weight is 643 g/mol. The molecule has 2 atom stereocenters. The van der Waals surface area contributed by atoms with Gasteiger partial charge in [0.1, 0.15) is 17.6 Å². The third-order valence-electron chi connectivity index (χ3n) is 7.26. The molecule has 0 spiro atoms. The number of benzene rings is 4. The number of nitrogens with one attached hydrogen (secondary N) is 2. The van der Waals surface area contributed by atoms with Crippen LogP contribution in [0.2, 0.25) is 0 Å². The van der Waals surface area contributed by atoms with Gasteiger partial charge in [-0.25, -0.2) is 0 Å². The van der Waals surface area contributed by atoms with Crippen molar-refractivity contribution in [1.29, 1.82) is 0 Å². The van der Waals surface area contributed by atoms with E-state index < -0.39 is 18.1 Å². The summed E-state index contributed by atoms with van der Waals surface area (Å²) in [5.74, 6) is -0.148. The summed E-state index contributed by atoms with van der Waals surface area (Å²) in [6.45, 7) is 0.643. The Morgan fingerprint density at radius 3 is 1.91 bits per heavy atom. The maximum Gasteiger partial charge on any atom is 0.264 e. The summed E-state index contributed by atoms with van der Waals surface area (Å²) in [5.41, 5.74) is 2.77. The molecule has 4 aromatic rings. The first-order valence-corrected chi connectivity index (χ1v) is 14.9. The highest BCUT2D eigenvalue weighted by molar-refractivity contribution is 5.91. The predicted molar refractivity (Wildman–Crippen MR) is 176 cm³/mol. The maximum atomic E-state index is 13.4. The molecular formula is C36H38N2O9. The molecule has 4 rings (SSSR count). The molecule has 0 aromatic heterocycles. The second-order valence-corrected chi connectivity index (χ2v) is 10.6. The number of aromatic hydroxyl groups is 3. The van der Waals surface area contributed by atoms with Crippen LogP contribution in [0.3, 0.4) is 0 Å². The van der Waals surface area contributed by atoms with E-state index >= 15 is 0 Å². The molecule has 0 bridgehead atoms. The number of aliphatic hydroxyl groups is 1. The van der Waals surface area contributed by atoms with Crippen molar-refractivity contribution >= 4 is 17.9 Å². The third-order valence-corrected chi connectivity index (χ3v) is 7.26. The summed E-state index contributed by atoms with van der Waals surface area (Å²) in [6, 6.07) is 22.5. The van der Waals surface area contributed by atoms with Crippen LogP contribution in [0.25, 0.3) is 6.08 Å². The zero-order valence-electron chi connectivity index (χ0n) is 26.1. The van der Waals surface area contributed by atoms with E-state index in [2.05, 4.69) is 10.6 Å². The van der Waals surface area contributed by atoms with Crippen LogP contribution in [0.4, 0.5) is 0 Å². The Labute approximate surface area is 272 Å². The van der Waals surface area contributed by atoms with Crippen LogP contribution in [0.1, 0.15) is 28.4 Å². The molecule has 0 saturated heterocycles. The highest BCUT2D eigenvalue weighted by Gasteiger charge is 2.32. The van der Waals surface area contributed by atoms with Gasteiger partial charge in [0.15, 0.2) is 23.0 Å². The van der Waals surface area contributed by atoms with Crippen molar-refractivity contribution in [2.75, 3.05) is 27.3 Å². The summed E-state index contributed by atoms with van der Waals surface area (Å²) in [6.07, 6.45) is 1.17. The number of methoxy groups -OCH3 is 2. The fourth-order valence-electron chi connectivity index (χ4n) is 4.65. The third kappa shape index (κ3) is 9.90. The van der Waals surface area contributed by atoms with Crippen molar-refractivity contribution in [2.24, 2.45) is 0 Å². The fourth-order valence-corrected chi connectivity index (χ4v) is 4.65. The molecule has 0 heterocycles. The van der Waals surface area contributed by atoms with Gasteiger partial charge in [-0.3, -0.25) is 9.59 Å². The number of carbonyl (C=O) groups excluding carboxylic acids is 2. The molecule has 6 N–H and O–H groups in total. The van der Waals surface area contributed by atoms with Gasteiger partial charge in [0.25, 0.3) is 5.91 Å². The quantitative estimate of drug-likeness (QED) is 0.105. The minimum absolute atomic E-state index is 0.117. The number of ether oxygens (including phenoxy) is 3. The second kappa shape index (κ2) is 16.6. The van der Waals surface area contributed by atoms with E-state index in [-0.39, 0.29) is 52.5 Å². The summed E-state index contributed by atoms with van der Waals surface area (Å²) < 4.78 is 16.8. The van der Waals surface area contributed by atoms with Crippen molar-refractivity contribution in [3.05, 3.63) is 113 Å². The Morgan fingerprint density at radius 1 is 0.723 bits per heavy atom. The molecule has 11 heteroatoms. The lowest BCUT2D eigenvalue weighted by atomic mass is 10.0. The van der Waals surface area contributed by atoms with Crippen LogP contribution in [-0.4, -0.2) is 65.7 Å². The number of aliphatic hydroxyl groups excluding tert-OH is 1. The second-order valence-electron chi connectivity index (χ2n) is 10.6. The average Bonchev–Trinajstić information content (AvgIpc) is 3.08. The van der Waals surface area contributed by atoms with E-state index in [4.69, 9.17) is 14.2 Å². The van der Waals surface area contributed by atoms with Gasteiger partial charge < -0.3 is 45.3 Å². The molecule has 0 aliphatic rings. The van der Waals surface area contributed by atoms with Gasteiger partial charge in [-0.2, -0.15) is 0 Å². The molecule has 2 amide bonds. The lowest BCUT2D eigenvalue weighted by Crippen LogP contribution is -2.43. The van der Waals surface area contributed by atoms with Gasteiger partial charge in [0.05, 0.1) is 14.2 Å². The van der Waals surface area contributed by atoms with Crippen LogP contribution in [-0.2, 0) is 22.4 Å². The molecule has 0 saturated carbocycles. The number of rotatable bonds is 15. The number of carbonyl (C=O) groups is 2. The van der Waals surface area contributed by atoms with E-state index in [1.165, 1.54) is 38.5 Å². The Balaban J connectivity index is 1.46. The molecule has 0 radical (unpaired) electrons. The van der Waals surface area contributed by atoms with Gasteiger partial charge >= 0.3 is 0 Å². The summed E-state index contributed by atoms with van der Waals surface area (Å²) in [4.78, 5) is 25.8. The van der Waals surface area contributed by atoms with Crippen molar-refractivity contribution in [2.45, 2.75) is 25.0 Å². The molecule has 0 aliphatic heterocycles. The normalized spacial score (nSPS) is 12.2. The van der Waals surface area contributed by atoms with Crippen molar-refractivity contribution in [3.63, 3.8) is 0 Å². The zero-order valence-corrected chi connectivity index (χ0v) is 26.1. The van der Waals surface area contributed by atoms with Crippen molar-refractivity contribution in [3.8, 4) is 34.5 Å². The Morgan fingerprint density at radius 2 is 1.32 bits per heavy atom. The van der Waals surface area contributed by atoms with Crippen LogP contribution in [0.5, 0.6) is 34.5 Å². The van der Waals surface area contributed by atoms with Gasteiger partial charge in [-0.05, 0) is 89.7 Å². The zero-order chi connectivity index (χ0) is 33.8. The first kappa shape index (κ1) is 34.2. The van der Waals surface area contributed by atoms with Gasteiger partial charge in [-0.15, -0.1) is 0 Å². The highest BCUT2D eigenvalue weighted by atomic mass is 16.5. The molecule has 0 fully saturated rings. The number of phenolic OH excluding ortho intramolecular Hbond substituents is 3. The van der Waals surface area contributed by atoms with Crippen LogP contribution < -0.4 is 24.8 Å². The Kier molecular flexibility index (Phi) is 12.1. The Bertz CT molecular complexity index is 1670. The van der Waals surface area contributed by atoms with Crippen LogP contribution >= 0.6 is 0 Å². The topological polar surface area (TPSA) is 167 Å². The van der Waals surface area contributed by atoms with E-state index in [0.717, 1.165) is 11.1 Å². The van der Waals surface area contributed by atoms with Crippen LogP contribution in [0.15, 0.2) is 91.0 Å². The maximum absolute atomic E-state index is 13.4. The van der Waals surface area contributed by atoms with Gasteiger partial charge in [0, 0.05) is 19.2 Å². The molecule has 4 aromatic carbocycles. The summed E-state index contributed by atoms with van der Waals surface area (Å²) in [7, 11) is 2.80.